The molecule has 1 unspecified atom stereocenters. The molecule has 1 saturated heterocycles. The fourth-order valence-electron chi connectivity index (χ4n) is 1.46. The van der Waals surface area contributed by atoms with Crippen LogP contribution in [-0.4, -0.2) is 41.2 Å². The van der Waals surface area contributed by atoms with Crippen LogP contribution in [0, 0.1) is 0 Å². The van der Waals surface area contributed by atoms with Crippen LogP contribution >= 0.6 is 24.4 Å². The lowest BCUT2D eigenvalue weighted by Crippen LogP contribution is -2.41. The number of hydrogen-bond donors (Lipinski definition) is 1. The summed E-state index contributed by atoms with van der Waals surface area (Å²) in [5.74, 6) is 0.526. The van der Waals surface area contributed by atoms with E-state index in [1.54, 1.807) is 0 Å². The SMILES string of the molecule is CSC1CCCN(C(=O)CS)C1. The van der Waals surface area contributed by atoms with Gasteiger partial charge in [0.1, 0.15) is 0 Å². The van der Waals surface area contributed by atoms with E-state index in [-0.39, 0.29) is 5.91 Å². The van der Waals surface area contributed by atoms with Crippen molar-refractivity contribution in [1.29, 1.82) is 0 Å². The Balaban J connectivity index is 2.40. The maximum absolute atomic E-state index is 11.3. The van der Waals surface area contributed by atoms with Crippen LogP contribution in [0.4, 0.5) is 0 Å². The molecule has 1 aliphatic rings. The van der Waals surface area contributed by atoms with Gasteiger partial charge in [-0.2, -0.15) is 24.4 Å². The molecule has 0 aromatic rings. The first-order valence-electron chi connectivity index (χ1n) is 4.19. The van der Waals surface area contributed by atoms with E-state index in [9.17, 15) is 4.79 Å². The third-order valence-electron chi connectivity index (χ3n) is 2.20. The summed E-state index contributed by atoms with van der Waals surface area (Å²) in [7, 11) is 0. The van der Waals surface area contributed by atoms with Crippen LogP contribution in [0.25, 0.3) is 0 Å². The average molecular weight is 205 g/mol. The van der Waals surface area contributed by atoms with Gasteiger partial charge in [0, 0.05) is 18.3 Å². The fourth-order valence-corrected chi connectivity index (χ4v) is 2.39. The Labute approximate surface area is 83.5 Å². The summed E-state index contributed by atoms with van der Waals surface area (Å²) in [6, 6.07) is 0. The van der Waals surface area contributed by atoms with Crippen LogP contribution in [0.15, 0.2) is 0 Å². The predicted molar refractivity (Wildman–Crippen MR) is 57.0 cm³/mol. The molecule has 0 N–H and O–H groups in total. The van der Waals surface area contributed by atoms with E-state index in [1.165, 1.54) is 6.42 Å². The summed E-state index contributed by atoms with van der Waals surface area (Å²) in [4.78, 5) is 13.2. The Morgan fingerprint density at radius 1 is 1.75 bits per heavy atom. The number of thioether (sulfide) groups is 1. The molecule has 0 aromatic heterocycles. The number of carbonyl (C=O) groups excluding carboxylic acids is 1. The molecule has 0 radical (unpaired) electrons. The van der Waals surface area contributed by atoms with Crippen molar-refractivity contribution in [3.63, 3.8) is 0 Å². The van der Waals surface area contributed by atoms with Gasteiger partial charge in [-0.1, -0.05) is 0 Å². The molecule has 1 fully saturated rings. The van der Waals surface area contributed by atoms with Crippen molar-refractivity contribution in [2.24, 2.45) is 0 Å². The van der Waals surface area contributed by atoms with Crippen LogP contribution in [-0.2, 0) is 4.79 Å². The van der Waals surface area contributed by atoms with E-state index in [2.05, 4.69) is 18.9 Å². The molecule has 4 heteroatoms. The molecule has 1 atom stereocenters. The Kier molecular flexibility index (Phi) is 4.29. The second-order valence-corrected chi connectivity index (χ2v) is 4.45. The van der Waals surface area contributed by atoms with Gasteiger partial charge in [0.2, 0.25) is 5.91 Å². The van der Waals surface area contributed by atoms with Gasteiger partial charge in [0.15, 0.2) is 0 Å². The van der Waals surface area contributed by atoms with E-state index in [0.29, 0.717) is 11.0 Å². The minimum Gasteiger partial charge on any atom is -0.341 e. The predicted octanol–water partition coefficient (Wildman–Crippen LogP) is 1.27. The molecule has 12 heavy (non-hydrogen) atoms. The van der Waals surface area contributed by atoms with Crippen LogP contribution in [0.3, 0.4) is 0 Å². The quantitative estimate of drug-likeness (QED) is 0.685. The van der Waals surface area contributed by atoms with Gasteiger partial charge in [-0.15, -0.1) is 0 Å². The van der Waals surface area contributed by atoms with Crippen LogP contribution in [0.1, 0.15) is 12.8 Å². The molecule has 0 aliphatic carbocycles. The van der Waals surface area contributed by atoms with Gasteiger partial charge >= 0.3 is 0 Å². The number of amides is 1. The number of thiol groups is 1. The van der Waals surface area contributed by atoms with Gasteiger partial charge in [-0.25, -0.2) is 0 Å². The van der Waals surface area contributed by atoms with E-state index >= 15 is 0 Å². The summed E-state index contributed by atoms with van der Waals surface area (Å²) < 4.78 is 0. The lowest BCUT2D eigenvalue weighted by atomic mass is 10.1. The zero-order valence-electron chi connectivity index (χ0n) is 7.32. The summed E-state index contributed by atoms with van der Waals surface area (Å²) >= 11 is 5.85. The topological polar surface area (TPSA) is 20.3 Å². The molecule has 0 spiro atoms. The first kappa shape index (κ1) is 10.3. The standard InChI is InChI=1S/C8H15NOS2/c1-12-7-3-2-4-9(5-7)8(10)6-11/h7,11H,2-6H2,1H3. The molecular weight excluding hydrogens is 190 g/mol. The monoisotopic (exact) mass is 205 g/mol. The van der Waals surface area contributed by atoms with Gasteiger partial charge in [0.25, 0.3) is 0 Å². The van der Waals surface area contributed by atoms with Crippen molar-refractivity contribution in [3.8, 4) is 0 Å². The Bertz CT molecular complexity index is 163. The molecular formula is C8H15NOS2. The highest BCUT2D eigenvalue weighted by atomic mass is 32.2. The number of nitrogens with zero attached hydrogens (tertiary/aromatic N) is 1. The van der Waals surface area contributed by atoms with Crippen molar-refractivity contribution < 1.29 is 4.79 Å². The third kappa shape index (κ3) is 2.59. The van der Waals surface area contributed by atoms with Crippen molar-refractivity contribution >= 4 is 30.3 Å². The number of piperidine rings is 1. The van der Waals surface area contributed by atoms with Gasteiger partial charge in [-0.05, 0) is 19.1 Å². The maximum Gasteiger partial charge on any atom is 0.232 e. The summed E-state index contributed by atoms with van der Waals surface area (Å²) in [6.07, 6.45) is 4.50. The van der Waals surface area contributed by atoms with Gasteiger partial charge < -0.3 is 4.90 Å². The average Bonchev–Trinajstić information content (AvgIpc) is 2.17. The Morgan fingerprint density at radius 2 is 2.50 bits per heavy atom. The lowest BCUT2D eigenvalue weighted by Gasteiger charge is -2.31. The van der Waals surface area contributed by atoms with Crippen molar-refractivity contribution in [2.75, 3.05) is 25.1 Å². The molecule has 1 rings (SSSR count). The van der Waals surface area contributed by atoms with Gasteiger partial charge in [-0.3, -0.25) is 4.79 Å². The van der Waals surface area contributed by atoms with Gasteiger partial charge in [0.05, 0.1) is 5.75 Å². The zero-order valence-corrected chi connectivity index (χ0v) is 9.03. The Hall–Kier alpha value is 0.170. The largest absolute Gasteiger partial charge is 0.341 e. The van der Waals surface area contributed by atoms with E-state index < -0.39 is 0 Å². The number of hydrogen-bond acceptors (Lipinski definition) is 3. The van der Waals surface area contributed by atoms with E-state index in [0.717, 1.165) is 19.5 Å². The molecule has 0 aromatic carbocycles. The lowest BCUT2D eigenvalue weighted by molar-refractivity contribution is -0.129. The highest BCUT2D eigenvalue weighted by molar-refractivity contribution is 7.99. The Morgan fingerprint density at radius 3 is 3.08 bits per heavy atom. The highest BCUT2D eigenvalue weighted by Gasteiger charge is 2.21. The van der Waals surface area contributed by atoms with Crippen LogP contribution in [0.5, 0.6) is 0 Å². The number of likely N-dealkylation sites (tertiary alicyclic amines) is 1. The first-order valence-corrected chi connectivity index (χ1v) is 6.11. The highest BCUT2D eigenvalue weighted by Crippen LogP contribution is 2.20. The summed E-state index contributed by atoms with van der Waals surface area (Å²) in [5.41, 5.74) is 0. The normalized spacial score (nSPS) is 24.2. The summed E-state index contributed by atoms with van der Waals surface area (Å²) in [5, 5.41) is 0.641. The second-order valence-electron chi connectivity index (χ2n) is 3.00. The first-order chi connectivity index (χ1) is 5.77. The summed E-state index contributed by atoms with van der Waals surface area (Å²) in [6.45, 7) is 1.84. The number of rotatable bonds is 2. The van der Waals surface area contributed by atoms with E-state index in [1.807, 2.05) is 16.7 Å². The maximum atomic E-state index is 11.3. The van der Waals surface area contributed by atoms with Crippen molar-refractivity contribution in [2.45, 2.75) is 18.1 Å². The zero-order chi connectivity index (χ0) is 8.97. The molecule has 1 heterocycles. The molecule has 0 saturated carbocycles. The molecule has 0 bridgehead atoms. The molecule has 2 nitrogen and oxygen atoms in total. The van der Waals surface area contributed by atoms with Crippen LogP contribution in [0.2, 0.25) is 0 Å². The molecule has 1 aliphatic heterocycles. The van der Waals surface area contributed by atoms with Crippen LogP contribution < -0.4 is 0 Å². The number of carbonyl (C=O) groups is 1. The van der Waals surface area contributed by atoms with Crippen molar-refractivity contribution in [3.05, 3.63) is 0 Å². The third-order valence-corrected chi connectivity index (χ3v) is 3.52. The van der Waals surface area contributed by atoms with Crippen molar-refractivity contribution in [1.82, 2.24) is 4.90 Å². The minimum atomic E-state index is 0.178. The molecule has 1 amide bonds. The van der Waals surface area contributed by atoms with E-state index in [4.69, 9.17) is 0 Å². The molecule has 70 valence electrons. The smallest absolute Gasteiger partial charge is 0.232 e. The second kappa shape index (κ2) is 5.02. The minimum absolute atomic E-state index is 0.178. The fraction of sp³-hybridized carbons (Fsp3) is 0.875.